The van der Waals surface area contributed by atoms with E-state index in [1.807, 2.05) is 62.4 Å². The van der Waals surface area contributed by atoms with Crippen molar-refractivity contribution >= 4 is 78.9 Å². The Morgan fingerprint density at radius 1 is 1.00 bits per heavy atom. The van der Waals surface area contributed by atoms with Gasteiger partial charge in [-0.1, -0.05) is 54.1 Å². The van der Waals surface area contributed by atoms with Gasteiger partial charge in [-0.2, -0.15) is 0 Å². The van der Waals surface area contributed by atoms with E-state index in [1.165, 1.54) is 4.90 Å². The van der Waals surface area contributed by atoms with Crippen molar-refractivity contribution in [1.82, 2.24) is 4.90 Å². The molecule has 1 heterocycles. The van der Waals surface area contributed by atoms with E-state index in [0.29, 0.717) is 44.6 Å². The highest BCUT2D eigenvalue weighted by Crippen LogP contribution is 2.39. The number of thioether (sulfide) groups is 1. The van der Waals surface area contributed by atoms with Gasteiger partial charge < -0.3 is 19.5 Å². The molecule has 11 heteroatoms. The van der Waals surface area contributed by atoms with Crippen LogP contribution in [0.5, 0.6) is 17.2 Å². The second kappa shape index (κ2) is 14.2. The van der Waals surface area contributed by atoms with Crippen molar-refractivity contribution in [2.45, 2.75) is 13.8 Å². The van der Waals surface area contributed by atoms with Crippen molar-refractivity contribution in [1.29, 1.82) is 0 Å². The fourth-order valence-electron chi connectivity index (χ4n) is 4.49. The average molecular weight is 696 g/mol. The van der Waals surface area contributed by atoms with Crippen LogP contribution in [0, 0.1) is 6.92 Å². The second-order valence-electron chi connectivity index (χ2n) is 9.72. The van der Waals surface area contributed by atoms with Crippen LogP contribution in [0.1, 0.15) is 18.1 Å². The minimum absolute atomic E-state index is 0.114. The molecule has 1 N–H and O–H groups in total. The topological polar surface area (TPSA) is 94.2 Å². The molecule has 3 amide bonds. The number of benzene rings is 4. The number of halogens is 2. The van der Waals surface area contributed by atoms with Gasteiger partial charge in [-0.3, -0.25) is 19.3 Å². The summed E-state index contributed by atoms with van der Waals surface area (Å²) >= 11 is 10.5. The maximum absolute atomic E-state index is 13.1. The third-order valence-electron chi connectivity index (χ3n) is 6.63. The number of carbonyl (C=O) groups is 3. The van der Waals surface area contributed by atoms with Gasteiger partial charge in [-0.05, 0) is 94.5 Å². The zero-order chi connectivity index (χ0) is 31.2. The number of ether oxygens (including phenoxy) is 3. The summed E-state index contributed by atoms with van der Waals surface area (Å²) in [6.45, 7) is 4.04. The van der Waals surface area contributed by atoms with Gasteiger partial charge in [0.15, 0.2) is 18.1 Å². The van der Waals surface area contributed by atoms with E-state index in [-0.39, 0.29) is 35.8 Å². The fraction of sp³-hybridized carbons (Fsp3) is 0.182. The summed E-state index contributed by atoms with van der Waals surface area (Å²) in [4.78, 5) is 39.9. The molecule has 0 atom stereocenters. The molecule has 4 aromatic carbocycles. The Balaban J connectivity index is 1.24. The van der Waals surface area contributed by atoms with E-state index in [0.717, 1.165) is 28.1 Å². The first-order chi connectivity index (χ1) is 21.2. The van der Waals surface area contributed by atoms with Crippen LogP contribution in [0.3, 0.4) is 0 Å². The van der Waals surface area contributed by atoms with Crippen LogP contribution >= 0.6 is 39.3 Å². The third kappa shape index (κ3) is 7.38. The summed E-state index contributed by atoms with van der Waals surface area (Å²) in [5, 5.41) is 4.94. The van der Waals surface area contributed by atoms with Crippen molar-refractivity contribution in [2.24, 2.45) is 0 Å². The first-order valence-electron chi connectivity index (χ1n) is 13.7. The standard InChI is InChI=1S/C33H28BrClN2O6S/c1-3-41-28-16-21(15-25(34)31(28)43-19-30(38)36-23-12-11-20(2)26(35)18-23)17-29-32(39)37(33(40)44-29)13-14-42-27-10-6-8-22-7-4-5-9-24(22)27/h4-12,15-18H,3,13-14,19H2,1-2H3,(H,36,38)/b29-17-. The average Bonchev–Trinajstić information content (AvgIpc) is 3.26. The van der Waals surface area contributed by atoms with E-state index in [2.05, 4.69) is 21.2 Å². The molecule has 1 aliphatic heterocycles. The lowest BCUT2D eigenvalue weighted by Crippen LogP contribution is -2.32. The van der Waals surface area contributed by atoms with E-state index in [4.69, 9.17) is 25.8 Å². The number of hydrogen-bond donors (Lipinski definition) is 1. The van der Waals surface area contributed by atoms with Gasteiger partial charge in [-0.15, -0.1) is 0 Å². The van der Waals surface area contributed by atoms with E-state index in [9.17, 15) is 14.4 Å². The molecule has 1 aliphatic rings. The van der Waals surface area contributed by atoms with Gasteiger partial charge in [-0.25, -0.2) is 0 Å². The monoisotopic (exact) mass is 694 g/mol. The molecule has 0 aliphatic carbocycles. The number of amides is 3. The Bertz CT molecular complexity index is 1770. The molecular weight excluding hydrogens is 668 g/mol. The molecule has 0 unspecified atom stereocenters. The summed E-state index contributed by atoms with van der Waals surface area (Å²) in [7, 11) is 0. The highest BCUT2D eigenvalue weighted by molar-refractivity contribution is 9.10. The van der Waals surface area contributed by atoms with E-state index >= 15 is 0 Å². The molecule has 44 heavy (non-hydrogen) atoms. The van der Waals surface area contributed by atoms with Crippen molar-refractivity contribution in [3.8, 4) is 17.2 Å². The zero-order valence-corrected chi connectivity index (χ0v) is 27.1. The third-order valence-corrected chi connectivity index (χ3v) is 8.53. The van der Waals surface area contributed by atoms with Crippen LogP contribution in [0.15, 0.2) is 82.2 Å². The first-order valence-corrected chi connectivity index (χ1v) is 15.7. The molecule has 0 bridgehead atoms. The molecule has 0 radical (unpaired) electrons. The summed E-state index contributed by atoms with van der Waals surface area (Å²) in [5.74, 6) is 0.630. The van der Waals surface area contributed by atoms with Crippen LogP contribution in [0.4, 0.5) is 10.5 Å². The fourth-order valence-corrected chi connectivity index (χ4v) is 6.11. The lowest BCUT2D eigenvalue weighted by Gasteiger charge is -2.15. The number of imide groups is 1. The molecule has 0 saturated carbocycles. The molecule has 1 fully saturated rings. The Morgan fingerprint density at radius 2 is 1.80 bits per heavy atom. The number of carbonyl (C=O) groups excluding carboxylic acids is 3. The number of anilines is 1. The van der Waals surface area contributed by atoms with Gasteiger partial charge in [0.25, 0.3) is 17.1 Å². The first kappa shape index (κ1) is 31.4. The molecule has 8 nitrogen and oxygen atoms in total. The molecule has 0 aromatic heterocycles. The Morgan fingerprint density at radius 3 is 2.59 bits per heavy atom. The second-order valence-corrected chi connectivity index (χ2v) is 12.0. The van der Waals surface area contributed by atoms with Gasteiger partial charge in [0, 0.05) is 16.1 Å². The van der Waals surface area contributed by atoms with Crippen LogP contribution in [-0.2, 0) is 9.59 Å². The van der Waals surface area contributed by atoms with Gasteiger partial charge in [0.05, 0.1) is 22.5 Å². The van der Waals surface area contributed by atoms with Gasteiger partial charge in [0.2, 0.25) is 0 Å². The van der Waals surface area contributed by atoms with Crippen LogP contribution < -0.4 is 19.5 Å². The molecule has 0 spiro atoms. The van der Waals surface area contributed by atoms with E-state index < -0.39 is 5.91 Å². The molecule has 5 rings (SSSR count). The van der Waals surface area contributed by atoms with Crippen molar-refractivity contribution in [2.75, 3.05) is 31.7 Å². The minimum Gasteiger partial charge on any atom is -0.491 e. The largest absolute Gasteiger partial charge is 0.491 e. The van der Waals surface area contributed by atoms with Gasteiger partial charge >= 0.3 is 0 Å². The Hall–Kier alpha value is -3.99. The molecule has 1 saturated heterocycles. The minimum atomic E-state index is -0.399. The summed E-state index contributed by atoms with van der Waals surface area (Å²) in [6, 6.07) is 22.3. The summed E-state index contributed by atoms with van der Waals surface area (Å²) < 4.78 is 18.0. The Labute approximate surface area is 272 Å². The van der Waals surface area contributed by atoms with E-state index in [1.54, 1.807) is 30.3 Å². The number of rotatable bonds is 11. The van der Waals surface area contributed by atoms with Crippen molar-refractivity contribution < 1.29 is 28.6 Å². The van der Waals surface area contributed by atoms with Crippen LogP contribution in [-0.4, -0.2) is 48.3 Å². The van der Waals surface area contributed by atoms with Crippen LogP contribution in [0.25, 0.3) is 16.8 Å². The number of nitrogens with one attached hydrogen (secondary N) is 1. The van der Waals surface area contributed by atoms with Gasteiger partial charge in [0.1, 0.15) is 12.4 Å². The lowest BCUT2D eigenvalue weighted by molar-refractivity contribution is -0.123. The number of nitrogens with zero attached hydrogens (tertiary/aromatic N) is 1. The smallest absolute Gasteiger partial charge is 0.293 e. The lowest BCUT2D eigenvalue weighted by atomic mass is 10.1. The van der Waals surface area contributed by atoms with Crippen molar-refractivity contribution in [3.63, 3.8) is 0 Å². The van der Waals surface area contributed by atoms with Crippen LogP contribution in [0.2, 0.25) is 5.02 Å². The highest BCUT2D eigenvalue weighted by Gasteiger charge is 2.35. The summed E-state index contributed by atoms with van der Waals surface area (Å²) in [5.41, 5.74) is 2.08. The Kier molecular flexibility index (Phi) is 10.1. The number of aryl methyl sites for hydroxylation is 1. The maximum atomic E-state index is 13.1. The zero-order valence-electron chi connectivity index (χ0n) is 23.9. The number of hydrogen-bond acceptors (Lipinski definition) is 7. The molecule has 4 aromatic rings. The summed E-state index contributed by atoms with van der Waals surface area (Å²) in [6.07, 6.45) is 1.63. The normalized spacial score (nSPS) is 13.9. The SMILES string of the molecule is CCOc1cc(/C=C2\SC(=O)N(CCOc3cccc4ccccc34)C2=O)cc(Br)c1OCC(=O)Nc1ccc(C)c(Cl)c1. The quantitative estimate of drug-likeness (QED) is 0.159. The molecular formula is C33H28BrClN2O6S. The highest BCUT2D eigenvalue weighted by atomic mass is 79.9. The maximum Gasteiger partial charge on any atom is 0.293 e. The molecule has 226 valence electrons. The number of fused-ring (bicyclic) bond motifs is 1. The predicted molar refractivity (Wildman–Crippen MR) is 178 cm³/mol. The van der Waals surface area contributed by atoms with Crippen molar-refractivity contribution in [3.05, 3.63) is 98.3 Å². The predicted octanol–water partition coefficient (Wildman–Crippen LogP) is 8.10.